The first-order valence-electron chi connectivity index (χ1n) is 6.45. The minimum atomic E-state index is -0.567. The molecule has 0 bridgehead atoms. The van der Waals surface area contributed by atoms with E-state index in [1.165, 1.54) is 32.1 Å². The van der Waals surface area contributed by atoms with E-state index in [9.17, 15) is 4.79 Å². The van der Waals surface area contributed by atoms with E-state index < -0.39 is 5.54 Å². The summed E-state index contributed by atoms with van der Waals surface area (Å²) >= 11 is 0. The van der Waals surface area contributed by atoms with Crippen molar-refractivity contribution in [3.05, 3.63) is 0 Å². The van der Waals surface area contributed by atoms with Crippen LogP contribution in [0.3, 0.4) is 0 Å². The van der Waals surface area contributed by atoms with Gasteiger partial charge in [-0.05, 0) is 31.6 Å². The van der Waals surface area contributed by atoms with Crippen LogP contribution in [-0.4, -0.2) is 24.0 Å². The second-order valence-corrected chi connectivity index (χ2v) is 5.37. The van der Waals surface area contributed by atoms with Crippen LogP contribution in [0, 0.1) is 5.92 Å². The van der Waals surface area contributed by atoms with Gasteiger partial charge in [0.1, 0.15) is 0 Å². The van der Waals surface area contributed by atoms with Gasteiger partial charge in [-0.15, -0.1) is 0 Å². The second-order valence-electron chi connectivity index (χ2n) is 5.37. The Bertz CT molecular complexity index is 257. The SMILES string of the molecule is NCC(NC(=O)C1(N)CC1)C1CCCCC1. The smallest absolute Gasteiger partial charge is 0.240 e. The van der Waals surface area contributed by atoms with Gasteiger partial charge in [0.2, 0.25) is 5.91 Å². The van der Waals surface area contributed by atoms with Crippen LogP contribution in [0.15, 0.2) is 0 Å². The summed E-state index contributed by atoms with van der Waals surface area (Å²) in [5, 5.41) is 3.05. The molecule has 0 aromatic rings. The Balaban J connectivity index is 1.86. The van der Waals surface area contributed by atoms with Crippen molar-refractivity contribution in [2.24, 2.45) is 17.4 Å². The zero-order chi connectivity index (χ0) is 11.6. The van der Waals surface area contributed by atoms with Gasteiger partial charge in [0.25, 0.3) is 0 Å². The third-order valence-electron chi connectivity index (χ3n) is 4.03. The summed E-state index contributed by atoms with van der Waals surface area (Å²) < 4.78 is 0. The number of rotatable bonds is 4. The summed E-state index contributed by atoms with van der Waals surface area (Å²) in [6.45, 7) is 0.534. The van der Waals surface area contributed by atoms with Crippen molar-refractivity contribution in [1.29, 1.82) is 0 Å². The van der Waals surface area contributed by atoms with Crippen molar-refractivity contribution < 1.29 is 4.79 Å². The average Bonchev–Trinajstić information content (AvgIpc) is 3.06. The van der Waals surface area contributed by atoms with Crippen LogP contribution in [0.4, 0.5) is 0 Å². The first-order chi connectivity index (χ1) is 7.65. The fraction of sp³-hybridized carbons (Fsp3) is 0.917. The van der Waals surface area contributed by atoms with Crippen molar-refractivity contribution in [3.8, 4) is 0 Å². The molecule has 2 rings (SSSR count). The minimum absolute atomic E-state index is 0.00789. The summed E-state index contributed by atoms with van der Waals surface area (Å²) in [5.74, 6) is 0.568. The molecule has 0 aliphatic heterocycles. The molecule has 2 fully saturated rings. The molecule has 2 aliphatic carbocycles. The molecule has 1 atom stereocenters. The van der Waals surface area contributed by atoms with Gasteiger partial charge in [-0.1, -0.05) is 19.3 Å². The third kappa shape index (κ3) is 2.55. The molecule has 0 aromatic carbocycles. The number of nitrogens with two attached hydrogens (primary N) is 2. The van der Waals surface area contributed by atoms with E-state index in [1.807, 2.05) is 0 Å². The molecule has 5 N–H and O–H groups in total. The van der Waals surface area contributed by atoms with Gasteiger partial charge < -0.3 is 16.8 Å². The molecule has 0 aromatic heterocycles. The van der Waals surface area contributed by atoms with Gasteiger partial charge in [-0.2, -0.15) is 0 Å². The van der Waals surface area contributed by atoms with Gasteiger partial charge >= 0.3 is 0 Å². The molecule has 1 unspecified atom stereocenters. The first-order valence-corrected chi connectivity index (χ1v) is 6.45. The highest BCUT2D eigenvalue weighted by Crippen LogP contribution is 2.33. The van der Waals surface area contributed by atoms with E-state index in [0.717, 1.165) is 12.8 Å². The second kappa shape index (κ2) is 4.72. The monoisotopic (exact) mass is 225 g/mol. The van der Waals surface area contributed by atoms with E-state index in [1.54, 1.807) is 0 Å². The average molecular weight is 225 g/mol. The van der Waals surface area contributed by atoms with E-state index in [2.05, 4.69) is 5.32 Å². The molecule has 92 valence electrons. The maximum Gasteiger partial charge on any atom is 0.240 e. The lowest BCUT2D eigenvalue weighted by Gasteiger charge is -2.30. The number of hydrogen-bond donors (Lipinski definition) is 3. The van der Waals surface area contributed by atoms with Gasteiger partial charge in [0.15, 0.2) is 0 Å². The number of amides is 1. The molecule has 16 heavy (non-hydrogen) atoms. The Morgan fingerprint density at radius 2 is 1.94 bits per heavy atom. The maximum atomic E-state index is 11.8. The van der Waals surface area contributed by atoms with Crippen molar-refractivity contribution in [1.82, 2.24) is 5.32 Å². The van der Waals surface area contributed by atoms with Crippen LogP contribution in [0.2, 0.25) is 0 Å². The maximum absolute atomic E-state index is 11.8. The molecule has 0 heterocycles. The number of hydrogen-bond acceptors (Lipinski definition) is 3. The lowest BCUT2D eigenvalue weighted by Crippen LogP contribution is -2.52. The fourth-order valence-electron chi connectivity index (χ4n) is 2.58. The summed E-state index contributed by atoms with van der Waals surface area (Å²) in [7, 11) is 0. The summed E-state index contributed by atoms with van der Waals surface area (Å²) in [4.78, 5) is 11.8. The van der Waals surface area contributed by atoms with E-state index in [-0.39, 0.29) is 11.9 Å². The Morgan fingerprint density at radius 3 is 2.44 bits per heavy atom. The molecule has 1 amide bonds. The van der Waals surface area contributed by atoms with Crippen molar-refractivity contribution in [3.63, 3.8) is 0 Å². The molecule has 0 radical (unpaired) electrons. The summed E-state index contributed by atoms with van der Waals surface area (Å²) in [6.07, 6.45) is 7.89. The van der Waals surface area contributed by atoms with Crippen molar-refractivity contribution in [2.45, 2.75) is 56.5 Å². The van der Waals surface area contributed by atoms with Gasteiger partial charge in [0, 0.05) is 12.6 Å². The molecule has 4 heteroatoms. The highest BCUT2D eigenvalue weighted by Gasteiger charge is 2.46. The van der Waals surface area contributed by atoms with Crippen LogP contribution in [-0.2, 0) is 4.79 Å². The predicted molar refractivity (Wildman–Crippen MR) is 63.7 cm³/mol. The lowest BCUT2D eigenvalue weighted by atomic mass is 9.84. The van der Waals surface area contributed by atoms with Crippen LogP contribution in [0.1, 0.15) is 44.9 Å². The number of nitrogens with one attached hydrogen (secondary N) is 1. The molecule has 2 saturated carbocycles. The van der Waals surface area contributed by atoms with Crippen LogP contribution in [0.5, 0.6) is 0 Å². The topological polar surface area (TPSA) is 81.1 Å². The first kappa shape index (κ1) is 11.9. The zero-order valence-corrected chi connectivity index (χ0v) is 9.87. The Labute approximate surface area is 97.1 Å². The highest BCUT2D eigenvalue weighted by molar-refractivity contribution is 5.89. The summed E-state index contributed by atoms with van der Waals surface area (Å²) in [5.41, 5.74) is 11.1. The van der Waals surface area contributed by atoms with E-state index in [4.69, 9.17) is 11.5 Å². The number of carbonyl (C=O) groups excluding carboxylic acids is 1. The zero-order valence-electron chi connectivity index (χ0n) is 9.87. The molecule has 0 saturated heterocycles. The van der Waals surface area contributed by atoms with Crippen LogP contribution < -0.4 is 16.8 Å². The Hall–Kier alpha value is -0.610. The lowest BCUT2D eigenvalue weighted by molar-refractivity contribution is -0.124. The Kier molecular flexibility index (Phi) is 3.50. The minimum Gasteiger partial charge on any atom is -0.350 e. The van der Waals surface area contributed by atoms with Gasteiger partial charge in [0.05, 0.1) is 5.54 Å². The third-order valence-corrected chi connectivity index (χ3v) is 4.03. The summed E-state index contributed by atoms with van der Waals surface area (Å²) in [6, 6.07) is 0.133. The Morgan fingerprint density at radius 1 is 1.31 bits per heavy atom. The van der Waals surface area contributed by atoms with E-state index >= 15 is 0 Å². The van der Waals surface area contributed by atoms with Crippen molar-refractivity contribution >= 4 is 5.91 Å². The molecule has 4 nitrogen and oxygen atoms in total. The standard InChI is InChI=1S/C12H23N3O/c13-8-10(9-4-2-1-3-5-9)15-11(16)12(14)6-7-12/h9-10H,1-8,13-14H2,(H,15,16). The predicted octanol–water partition coefficient (Wildman–Crippen LogP) is 0.502. The molecular formula is C12H23N3O. The van der Waals surface area contributed by atoms with Crippen LogP contribution >= 0.6 is 0 Å². The molecule has 0 spiro atoms. The fourth-order valence-corrected chi connectivity index (χ4v) is 2.58. The van der Waals surface area contributed by atoms with E-state index in [0.29, 0.717) is 12.5 Å². The largest absolute Gasteiger partial charge is 0.350 e. The molecule has 2 aliphatic rings. The quantitative estimate of drug-likeness (QED) is 0.651. The van der Waals surface area contributed by atoms with Gasteiger partial charge in [-0.3, -0.25) is 4.79 Å². The van der Waals surface area contributed by atoms with Crippen molar-refractivity contribution in [2.75, 3.05) is 6.54 Å². The normalized spacial score (nSPS) is 26.1. The number of carbonyl (C=O) groups is 1. The van der Waals surface area contributed by atoms with Gasteiger partial charge in [-0.25, -0.2) is 0 Å². The van der Waals surface area contributed by atoms with Crippen LogP contribution in [0.25, 0.3) is 0 Å². The highest BCUT2D eigenvalue weighted by atomic mass is 16.2. The molecular weight excluding hydrogens is 202 g/mol.